The SMILES string of the molecule is CCCC(CC)S(=O)(=O)N[C@@H](Cc1ccccc1)C(=O)O. The van der Waals surface area contributed by atoms with Crippen LogP contribution < -0.4 is 4.72 Å². The van der Waals surface area contributed by atoms with Gasteiger partial charge < -0.3 is 5.11 Å². The summed E-state index contributed by atoms with van der Waals surface area (Å²) >= 11 is 0. The van der Waals surface area contributed by atoms with Crippen LogP contribution in [0.15, 0.2) is 30.3 Å². The molecule has 1 unspecified atom stereocenters. The zero-order valence-electron chi connectivity index (χ0n) is 12.5. The Labute approximate surface area is 126 Å². The van der Waals surface area contributed by atoms with E-state index in [0.717, 1.165) is 12.0 Å². The molecule has 2 atom stereocenters. The van der Waals surface area contributed by atoms with Crippen molar-refractivity contribution in [3.05, 3.63) is 35.9 Å². The number of hydrogen-bond donors (Lipinski definition) is 2. The average molecular weight is 313 g/mol. The van der Waals surface area contributed by atoms with Crippen LogP contribution in [0.1, 0.15) is 38.7 Å². The third-order valence-corrected chi connectivity index (χ3v) is 5.45. The lowest BCUT2D eigenvalue weighted by molar-refractivity contribution is -0.138. The molecule has 0 spiro atoms. The molecule has 21 heavy (non-hydrogen) atoms. The first-order valence-corrected chi connectivity index (χ1v) is 8.73. The van der Waals surface area contributed by atoms with Crippen LogP contribution in [0.2, 0.25) is 0 Å². The first kappa shape index (κ1) is 17.7. The highest BCUT2D eigenvalue weighted by Gasteiger charge is 2.29. The Bertz CT molecular complexity index is 542. The Morgan fingerprint density at radius 1 is 1.24 bits per heavy atom. The molecule has 0 saturated heterocycles. The summed E-state index contributed by atoms with van der Waals surface area (Å²) in [5.41, 5.74) is 0.788. The van der Waals surface area contributed by atoms with Crippen LogP contribution >= 0.6 is 0 Å². The number of carbonyl (C=O) groups is 1. The van der Waals surface area contributed by atoms with Gasteiger partial charge >= 0.3 is 5.97 Å². The molecule has 5 nitrogen and oxygen atoms in total. The van der Waals surface area contributed by atoms with Crippen molar-refractivity contribution in [1.82, 2.24) is 4.72 Å². The maximum Gasteiger partial charge on any atom is 0.322 e. The van der Waals surface area contributed by atoms with Gasteiger partial charge in [-0.3, -0.25) is 4.79 Å². The highest BCUT2D eigenvalue weighted by atomic mass is 32.2. The van der Waals surface area contributed by atoms with Crippen LogP contribution in [-0.2, 0) is 21.2 Å². The third kappa shape index (κ3) is 5.47. The first-order chi connectivity index (χ1) is 9.90. The van der Waals surface area contributed by atoms with Gasteiger partial charge in [0.1, 0.15) is 6.04 Å². The molecule has 1 aromatic carbocycles. The molecule has 0 bridgehead atoms. The number of rotatable bonds is 9. The van der Waals surface area contributed by atoms with Crippen molar-refractivity contribution in [2.75, 3.05) is 0 Å². The largest absolute Gasteiger partial charge is 0.480 e. The van der Waals surface area contributed by atoms with Gasteiger partial charge in [0.25, 0.3) is 0 Å². The Hall–Kier alpha value is -1.40. The number of aliphatic carboxylic acids is 1. The fraction of sp³-hybridized carbons (Fsp3) is 0.533. The summed E-state index contributed by atoms with van der Waals surface area (Å²) in [7, 11) is -3.63. The molecule has 0 fully saturated rings. The van der Waals surface area contributed by atoms with E-state index in [1.165, 1.54) is 0 Å². The van der Waals surface area contributed by atoms with Gasteiger partial charge in [-0.15, -0.1) is 0 Å². The molecule has 0 amide bonds. The van der Waals surface area contributed by atoms with Gasteiger partial charge in [0, 0.05) is 0 Å². The zero-order chi connectivity index (χ0) is 15.9. The fourth-order valence-corrected chi connectivity index (χ4v) is 3.98. The molecule has 0 aliphatic carbocycles. The quantitative estimate of drug-likeness (QED) is 0.732. The minimum atomic E-state index is -3.63. The van der Waals surface area contributed by atoms with Crippen LogP contribution in [0, 0.1) is 0 Å². The second-order valence-electron chi connectivity index (χ2n) is 5.06. The molecule has 0 aromatic heterocycles. The Morgan fingerprint density at radius 2 is 1.86 bits per heavy atom. The van der Waals surface area contributed by atoms with Gasteiger partial charge in [0.05, 0.1) is 5.25 Å². The molecular formula is C15H23NO4S. The van der Waals surface area contributed by atoms with Gasteiger partial charge in [-0.25, -0.2) is 13.1 Å². The predicted molar refractivity (Wildman–Crippen MR) is 82.6 cm³/mol. The van der Waals surface area contributed by atoms with Crippen molar-refractivity contribution in [3.63, 3.8) is 0 Å². The Kier molecular flexibility index (Phi) is 6.84. The molecule has 0 aliphatic rings. The minimum Gasteiger partial charge on any atom is -0.480 e. The molecule has 0 aliphatic heterocycles. The maximum absolute atomic E-state index is 12.3. The molecule has 1 rings (SSSR count). The van der Waals surface area contributed by atoms with Crippen molar-refractivity contribution >= 4 is 16.0 Å². The zero-order valence-corrected chi connectivity index (χ0v) is 13.3. The Balaban J connectivity index is 2.85. The van der Waals surface area contributed by atoms with Gasteiger partial charge in [-0.05, 0) is 24.8 Å². The molecule has 118 valence electrons. The predicted octanol–water partition coefficient (Wildman–Crippen LogP) is 2.18. The summed E-state index contributed by atoms with van der Waals surface area (Å²) in [6, 6.07) is 7.87. The number of sulfonamides is 1. The average Bonchev–Trinajstić information content (AvgIpc) is 2.44. The number of hydrogen-bond acceptors (Lipinski definition) is 3. The topological polar surface area (TPSA) is 83.5 Å². The maximum atomic E-state index is 12.3. The van der Waals surface area contributed by atoms with Gasteiger partial charge in [-0.2, -0.15) is 0 Å². The lowest BCUT2D eigenvalue weighted by Gasteiger charge is -2.20. The van der Waals surface area contributed by atoms with Gasteiger partial charge in [0.15, 0.2) is 0 Å². The lowest BCUT2D eigenvalue weighted by atomic mass is 10.1. The summed E-state index contributed by atoms with van der Waals surface area (Å²) in [6.07, 6.45) is 1.89. The fourth-order valence-electron chi connectivity index (χ4n) is 2.22. The second kappa shape index (κ2) is 8.14. The van der Waals surface area contributed by atoms with Crippen molar-refractivity contribution < 1.29 is 18.3 Å². The molecule has 6 heteroatoms. The van der Waals surface area contributed by atoms with Crippen LogP contribution in [0.25, 0.3) is 0 Å². The van der Waals surface area contributed by atoms with Crippen LogP contribution in [0.5, 0.6) is 0 Å². The van der Waals surface area contributed by atoms with E-state index in [1.54, 1.807) is 31.2 Å². The van der Waals surface area contributed by atoms with E-state index < -0.39 is 27.3 Å². The lowest BCUT2D eigenvalue weighted by Crippen LogP contribution is -2.46. The molecular weight excluding hydrogens is 290 g/mol. The molecule has 0 saturated carbocycles. The molecule has 0 radical (unpaired) electrons. The van der Waals surface area contributed by atoms with Crippen molar-refractivity contribution in [1.29, 1.82) is 0 Å². The normalized spacial score (nSPS) is 14.6. The van der Waals surface area contributed by atoms with E-state index >= 15 is 0 Å². The van der Waals surface area contributed by atoms with Gasteiger partial charge in [-0.1, -0.05) is 50.6 Å². The van der Waals surface area contributed by atoms with E-state index in [0.29, 0.717) is 12.8 Å². The molecule has 0 heterocycles. The van der Waals surface area contributed by atoms with Crippen molar-refractivity contribution in [2.45, 2.75) is 50.8 Å². The monoisotopic (exact) mass is 313 g/mol. The number of carboxylic acid groups (broad SMARTS) is 1. The van der Waals surface area contributed by atoms with Crippen LogP contribution in [-0.4, -0.2) is 30.8 Å². The number of benzene rings is 1. The molecule has 1 aromatic rings. The van der Waals surface area contributed by atoms with Crippen LogP contribution in [0.3, 0.4) is 0 Å². The van der Waals surface area contributed by atoms with E-state index in [2.05, 4.69) is 4.72 Å². The van der Waals surface area contributed by atoms with Crippen molar-refractivity contribution in [3.8, 4) is 0 Å². The second-order valence-corrected chi connectivity index (χ2v) is 7.05. The highest BCUT2D eigenvalue weighted by molar-refractivity contribution is 7.90. The summed E-state index contributed by atoms with van der Waals surface area (Å²) in [5, 5.41) is 8.71. The summed E-state index contributed by atoms with van der Waals surface area (Å²) in [5.74, 6) is -1.16. The summed E-state index contributed by atoms with van der Waals surface area (Å²) < 4.78 is 26.9. The van der Waals surface area contributed by atoms with Gasteiger partial charge in [0.2, 0.25) is 10.0 Å². The summed E-state index contributed by atoms with van der Waals surface area (Å²) in [6.45, 7) is 3.71. The number of carboxylic acids is 1. The molecule has 2 N–H and O–H groups in total. The highest BCUT2D eigenvalue weighted by Crippen LogP contribution is 2.13. The van der Waals surface area contributed by atoms with E-state index in [9.17, 15) is 18.3 Å². The smallest absolute Gasteiger partial charge is 0.322 e. The van der Waals surface area contributed by atoms with E-state index in [-0.39, 0.29) is 6.42 Å². The Morgan fingerprint density at radius 3 is 2.33 bits per heavy atom. The van der Waals surface area contributed by atoms with E-state index in [4.69, 9.17) is 0 Å². The third-order valence-electron chi connectivity index (χ3n) is 3.39. The summed E-state index contributed by atoms with van der Waals surface area (Å²) in [4.78, 5) is 11.3. The van der Waals surface area contributed by atoms with Crippen molar-refractivity contribution in [2.24, 2.45) is 0 Å². The first-order valence-electron chi connectivity index (χ1n) is 7.18. The van der Waals surface area contributed by atoms with Crippen LogP contribution in [0.4, 0.5) is 0 Å². The number of nitrogens with one attached hydrogen (secondary N) is 1. The van der Waals surface area contributed by atoms with E-state index in [1.807, 2.05) is 13.0 Å². The standard InChI is InChI=1S/C15H23NO4S/c1-3-8-13(4-2)21(19,20)16-14(15(17)18)11-12-9-6-5-7-10-12/h5-7,9-10,13-14,16H,3-4,8,11H2,1-2H3,(H,17,18)/t13?,14-/m0/s1. The minimum absolute atomic E-state index is 0.137.